The third-order valence-electron chi connectivity index (χ3n) is 3.83. The van der Waals surface area contributed by atoms with Crippen molar-refractivity contribution >= 4 is 35.1 Å². The number of alkyl halides is 1. The molecular formula is C13H18ClN3OS. The van der Waals surface area contributed by atoms with Gasteiger partial charge >= 0.3 is 0 Å². The summed E-state index contributed by atoms with van der Waals surface area (Å²) in [5, 5.41) is 0. The average molecular weight is 300 g/mol. The number of carbonyl (C=O) groups excluding carboxylic acids is 1. The summed E-state index contributed by atoms with van der Waals surface area (Å²) in [5.74, 6) is 1.24. The summed E-state index contributed by atoms with van der Waals surface area (Å²) in [6, 6.07) is 0. The van der Waals surface area contributed by atoms with Crippen LogP contribution in [0.3, 0.4) is 0 Å². The first-order chi connectivity index (χ1) is 9.06. The van der Waals surface area contributed by atoms with Gasteiger partial charge in [0.15, 0.2) is 5.82 Å². The molecule has 2 atom stereocenters. The number of hydrogen-bond donors (Lipinski definition) is 0. The molecule has 19 heavy (non-hydrogen) atoms. The number of carbonyl (C=O) groups is 1. The Morgan fingerprint density at radius 3 is 2.74 bits per heavy atom. The van der Waals surface area contributed by atoms with Gasteiger partial charge in [0.1, 0.15) is 5.88 Å². The molecule has 1 aromatic rings. The highest BCUT2D eigenvalue weighted by Crippen LogP contribution is 2.37. The molecule has 0 aliphatic heterocycles. The van der Waals surface area contributed by atoms with Crippen molar-refractivity contribution in [3.63, 3.8) is 0 Å². The molecule has 0 fully saturated rings. The Morgan fingerprint density at radius 1 is 1.47 bits per heavy atom. The molecule has 2 unspecified atom stereocenters. The summed E-state index contributed by atoms with van der Waals surface area (Å²) in [5.41, 5.74) is 2.31. The van der Waals surface area contributed by atoms with Crippen molar-refractivity contribution in [1.29, 1.82) is 0 Å². The highest BCUT2D eigenvalue weighted by molar-refractivity contribution is 6.99. The topological polar surface area (TPSA) is 46.1 Å². The maximum atomic E-state index is 12.2. The number of aromatic nitrogens is 2. The number of nitrogens with zero attached hydrogens (tertiary/aromatic N) is 3. The lowest BCUT2D eigenvalue weighted by molar-refractivity contribution is -0.116. The Labute approximate surface area is 122 Å². The van der Waals surface area contributed by atoms with Crippen LogP contribution in [0.4, 0.5) is 5.82 Å². The highest BCUT2D eigenvalue weighted by atomic mass is 35.5. The van der Waals surface area contributed by atoms with Gasteiger partial charge in [0.25, 0.3) is 0 Å². The molecule has 104 valence electrons. The van der Waals surface area contributed by atoms with Gasteiger partial charge in [-0.1, -0.05) is 19.4 Å². The van der Waals surface area contributed by atoms with Gasteiger partial charge in [-0.25, -0.2) is 0 Å². The number of hydrogen-bond acceptors (Lipinski definition) is 4. The summed E-state index contributed by atoms with van der Waals surface area (Å²) in [6.07, 6.45) is 3.87. The Morgan fingerprint density at radius 2 is 2.16 bits per heavy atom. The quantitative estimate of drug-likeness (QED) is 0.803. The maximum Gasteiger partial charge on any atom is 0.247 e. The molecule has 0 spiro atoms. The molecular weight excluding hydrogens is 282 g/mol. The van der Waals surface area contributed by atoms with E-state index in [0.29, 0.717) is 17.7 Å². The zero-order valence-electron chi connectivity index (χ0n) is 11.4. The van der Waals surface area contributed by atoms with Gasteiger partial charge in [0.05, 0.1) is 17.9 Å². The fourth-order valence-electron chi connectivity index (χ4n) is 2.59. The van der Waals surface area contributed by atoms with E-state index in [1.807, 2.05) is 0 Å². The predicted octanol–water partition coefficient (Wildman–Crippen LogP) is 3.45. The Balaban J connectivity index is 2.48. The largest absolute Gasteiger partial charge is 0.273 e. The van der Waals surface area contributed by atoms with Crippen molar-refractivity contribution in [3.8, 4) is 0 Å². The number of amides is 1. The second-order valence-corrected chi connectivity index (χ2v) is 5.90. The normalized spacial score (nSPS) is 23.6. The molecule has 4 nitrogen and oxygen atoms in total. The van der Waals surface area contributed by atoms with Crippen LogP contribution in [0.25, 0.3) is 0 Å². The van der Waals surface area contributed by atoms with Crippen molar-refractivity contribution in [1.82, 2.24) is 8.75 Å². The SMILES string of the molecule is CC1=C(N(C(=O)CCl)c2cnsn2)C(C)CCC1C. The van der Waals surface area contributed by atoms with E-state index in [9.17, 15) is 4.79 Å². The Hall–Kier alpha value is -0.940. The lowest BCUT2D eigenvalue weighted by atomic mass is 9.81. The van der Waals surface area contributed by atoms with Crippen molar-refractivity contribution in [3.05, 3.63) is 17.5 Å². The molecule has 0 aromatic carbocycles. The molecule has 1 aliphatic rings. The van der Waals surface area contributed by atoms with Crippen molar-refractivity contribution < 1.29 is 4.79 Å². The van der Waals surface area contributed by atoms with Gasteiger partial charge in [0.2, 0.25) is 5.91 Å². The molecule has 0 saturated carbocycles. The molecule has 6 heteroatoms. The van der Waals surface area contributed by atoms with Crippen LogP contribution >= 0.6 is 23.3 Å². The minimum absolute atomic E-state index is 0.0462. The summed E-state index contributed by atoms with van der Waals surface area (Å²) in [4.78, 5) is 13.9. The van der Waals surface area contributed by atoms with Gasteiger partial charge in [-0.15, -0.1) is 11.6 Å². The first kappa shape index (κ1) is 14.5. The van der Waals surface area contributed by atoms with Crippen molar-refractivity contribution in [2.75, 3.05) is 10.8 Å². The van der Waals surface area contributed by atoms with E-state index in [0.717, 1.165) is 30.3 Å². The Bertz CT molecular complexity index is 486. The Kier molecular flexibility index (Phi) is 4.58. The minimum atomic E-state index is -0.135. The van der Waals surface area contributed by atoms with Gasteiger partial charge in [-0.2, -0.15) is 8.75 Å². The summed E-state index contributed by atoms with van der Waals surface area (Å²) in [7, 11) is 0. The minimum Gasteiger partial charge on any atom is -0.273 e. The van der Waals surface area contributed by atoms with E-state index in [-0.39, 0.29) is 11.8 Å². The fourth-order valence-corrected chi connectivity index (χ4v) is 3.12. The van der Waals surface area contributed by atoms with Gasteiger partial charge < -0.3 is 0 Å². The standard InChI is InChI=1S/C13H18ClN3OS/c1-8-4-5-9(2)13(10(8)3)17(12(18)6-14)11-7-15-19-16-11/h7-9H,4-6H2,1-3H3. The highest BCUT2D eigenvalue weighted by Gasteiger charge is 2.31. The van der Waals surface area contributed by atoms with Crippen LogP contribution in [-0.2, 0) is 4.79 Å². The van der Waals surface area contributed by atoms with E-state index in [4.69, 9.17) is 11.6 Å². The smallest absolute Gasteiger partial charge is 0.247 e. The van der Waals surface area contributed by atoms with Gasteiger partial charge in [-0.3, -0.25) is 9.69 Å². The monoisotopic (exact) mass is 299 g/mol. The van der Waals surface area contributed by atoms with Crippen molar-refractivity contribution in [2.24, 2.45) is 11.8 Å². The van der Waals surface area contributed by atoms with Crippen LogP contribution < -0.4 is 4.90 Å². The van der Waals surface area contributed by atoms with E-state index >= 15 is 0 Å². The third kappa shape index (κ3) is 2.82. The van der Waals surface area contributed by atoms with Crippen LogP contribution in [-0.4, -0.2) is 20.5 Å². The van der Waals surface area contributed by atoms with Crippen LogP contribution in [0, 0.1) is 11.8 Å². The van der Waals surface area contributed by atoms with Gasteiger partial charge in [-0.05, 0) is 31.6 Å². The second-order valence-electron chi connectivity index (χ2n) is 5.08. The predicted molar refractivity (Wildman–Crippen MR) is 78.4 cm³/mol. The molecule has 0 radical (unpaired) electrons. The van der Waals surface area contributed by atoms with Crippen LogP contribution in [0.5, 0.6) is 0 Å². The van der Waals surface area contributed by atoms with Crippen LogP contribution in [0.15, 0.2) is 17.5 Å². The molecule has 1 aromatic heterocycles. The molecule has 1 aliphatic carbocycles. The molecule has 1 amide bonds. The zero-order valence-corrected chi connectivity index (χ0v) is 13.0. The zero-order chi connectivity index (χ0) is 14.0. The number of allylic oxidation sites excluding steroid dienone is 2. The summed E-state index contributed by atoms with van der Waals surface area (Å²) in [6.45, 7) is 6.45. The van der Waals surface area contributed by atoms with E-state index in [2.05, 4.69) is 29.5 Å². The lowest BCUT2D eigenvalue weighted by Crippen LogP contribution is -2.37. The summed E-state index contributed by atoms with van der Waals surface area (Å²) >= 11 is 6.86. The van der Waals surface area contributed by atoms with Crippen LogP contribution in [0.2, 0.25) is 0 Å². The van der Waals surface area contributed by atoms with Crippen LogP contribution in [0.1, 0.15) is 33.6 Å². The van der Waals surface area contributed by atoms with E-state index in [1.54, 1.807) is 11.1 Å². The second kappa shape index (κ2) is 6.01. The molecule has 1 heterocycles. The van der Waals surface area contributed by atoms with Gasteiger partial charge in [0, 0.05) is 5.70 Å². The number of halogens is 1. The number of rotatable bonds is 3. The maximum absolute atomic E-state index is 12.2. The number of anilines is 1. The molecule has 2 rings (SSSR count). The third-order valence-corrected chi connectivity index (χ3v) is 4.52. The first-order valence-corrected chi connectivity index (χ1v) is 7.69. The molecule has 0 saturated heterocycles. The molecule has 0 N–H and O–H groups in total. The summed E-state index contributed by atoms with van der Waals surface area (Å²) < 4.78 is 8.19. The average Bonchev–Trinajstić information content (AvgIpc) is 2.92. The van der Waals surface area contributed by atoms with Crippen molar-refractivity contribution in [2.45, 2.75) is 33.6 Å². The first-order valence-electron chi connectivity index (χ1n) is 6.43. The fraction of sp³-hybridized carbons (Fsp3) is 0.615. The lowest BCUT2D eigenvalue weighted by Gasteiger charge is -2.35. The van der Waals surface area contributed by atoms with E-state index in [1.165, 1.54) is 5.57 Å². The molecule has 0 bridgehead atoms. The van der Waals surface area contributed by atoms with E-state index < -0.39 is 0 Å².